The molecule has 0 aliphatic heterocycles. The van der Waals surface area contributed by atoms with Crippen molar-refractivity contribution in [3.63, 3.8) is 0 Å². The van der Waals surface area contributed by atoms with Crippen LogP contribution in [-0.4, -0.2) is 37.3 Å². The van der Waals surface area contributed by atoms with Gasteiger partial charge in [0.15, 0.2) is 0 Å². The predicted octanol–water partition coefficient (Wildman–Crippen LogP) is 4.69. The number of aromatic nitrogens is 1. The van der Waals surface area contributed by atoms with Crippen molar-refractivity contribution in [3.05, 3.63) is 108 Å². The molecule has 1 amide bonds. The van der Waals surface area contributed by atoms with Gasteiger partial charge < -0.3 is 16.0 Å². The fourth-order valence-corrected chi connectivity index (χ4v) is 5.22. The molecule has 4 rings (SSSR count). The number of para-hydroxylation sites is 2. The Bertz CT molecular complexity index is 1510. The summed E-state index contributed by atoms with van der Waals surface area (Å²) in [7, 11) is -0.0450. The lowest BCUT2D eigenvalue weighted by Crippen LogP contribution is -2.17. The number of nitrogen functional groups attached to an aromatic ring is 1. The quantitative estimate of drug-likeness (QED) is 0.270. The summed E-state index contributed by atoms with van der Waals surface area (Å²) in [6.07, 6.45) is 5.86. The number of nitrogens with one attached hydrogen (secondary N) is 1. The first kappa shape index (κ1) is 25.0. The minimum Gasteiger partial charge on any atom is -0.397 e. The van der Waals surface area contributed by atoms with E-state index in [0.717, 1.165) is 11.1 Å². The largest absolute Gasteiger partial charge is 0.397 e. The Hall–Kier alpha value is -4.14. The van der Waals surface area contributed by atoms with Crippen LogP contribution in [0.5, 0.6) is 0 Å². The zero-order valence-corrected chi connectivity index (χ0v) is 20.9. The summed E-state index contributed by atoms with van der Waals surface area (Å²) in [6.45, 7) is 0.464. The number of carbonyl (C=O) groups is 1. The van der Waals surface area contributed by atoms with Crippen LogP contribution in [0.15, 0.2) is 102 Å². The van der Waals surface area contributed by atoms with E-state index in [-0.39, 0.29) is 10.8 Å². The maximum Gasteiger partial charge on any atom is 0.267 e. The average Bonchev–Trinajstić information content (AvgIpc) is 3.34. The number of hydrogen-bond donors (Lipinski definition) is 2. The lowest BCUT2D eigenvalue weighted by molar-refractivity contribution is -0.111. The lowest BCUT2D eigenvalue weighted by atomic mass is 10.0. The van der Waals surface area contributed by atoms with Gasteiger partial charge in [-0.3, -0.25) is 4.79 Å². The number of rotatable bonds is 8. The van der Waals surface area contributed by atoms with E-state index >= 15 is 0 Å². The van der Waals surface area contributed by atoms with Gasteiger partial charge >= 0.3 is 0 Å². The maximum atomic E-state index is 13.5. The van der Waals surface area contributed by atoms with Crippen LogP contribution in [0, 0.1) is 0 Å². The number of benzene rings is 3. The molecule has 0 spiro atoms. The molecule has 0 unspecified atom stereocenters. The smallest absolute Gasteiger partial charge is 0.267 e. The summed E-state index contributed by atoms with van der Waals surface area (Å²) >= 11 is 0. The van der Waals surface area contributed by atoms with Gasteiger partial charge in [-0.1, -0.05) is 48.5 Å². The van der Waals surface area contributed by atoms with Crippen LogP contribution in [0.1, 0.15) is 11.1 Å². The molecule has 184 valence electrons. The van der Waals surface area contributed by atoms with Gasteiger partial charge in [-0.25, -0.2) is 12.4 Å². The zero-order chi connectivity index (χ0) is 25.7. The van der Waals surface area contributed by atoms with Gasteiger partial charge in [0.25, 0.3) is 10.0 Å². The number of amides is 1. The van der Waals surface area contributed by atoms with E-state index in [4.69, 9.17) is 5.73 Å². The Morgan fingerprint density at radius 2 is 1.69 bits per heavy atom. The summed E-state index contributed by atoms with van der Waals surface area (Å²) in [6, 6.07) is 23.8. The predicted molar refractivity (Wildman–Crippen MR) is 145 cm³/mol. The van der Waals surface area contributed by atoms with Crippen LogP contribution in [0.2, 0.25) is 0 Å². The first-order chi connectivity index (χ1) is 17.2. The molecule has 0 aliphatic carbocycles. The molecule has 3 N–H and O–H groups in total. The van der Waals surface area contributed by atoms with E-state index in [0.29, 0.717) is 29.0 Å². The normalized spacial score (nSPS) is 11.8. The van der Waals surface area contributed by atoms with E-state index in [1.165, 1.54) is 22.4 Å². The second-order valence-corrected chi connectivity index (χ2v) is 10.4. The number of carbonyl (C=O) groups excluding carboxylic acids is 1. The van der Waals surface area contributed by atoms with Crippen molar-refractivity contribution < 1.29 is 13.2 Å². The van der Waals surface area contributed by atoms with E-state index < -0.39 is 10.0 Å². The second kappa shape index (κ2) is 10.6. The summed E-state index contributed by atoms with van der Waals surface area (Å²) in [5, 5.41) is 2.71. The Kier molecular flexibility index (Phi) is 7.38. The van der Waals surface area contributed by atoms with Gasteiger partial charge in [-0.05, 0) is 72.8 Å². The Balaban J connectivity index is 1.59. The van der Waals surface area contributed by atoms with Crippen molar-refractivity contribution in [2.45, 2.75) is 11.4 Å². The molecule has 0 saturated heterocycles. The molecule has 1 aromatic heterocycles. The van der Waals surface area contributed by atoms with Gasteiger partial charge in [0.2, 0.25) is 5.91 Å². The minimum absolute atomic E-state index is 0.235. The summed E-state index contributed by atoms with van der Waals surface area (Å²) in [5.74, 6) is -0.367. The van der Waals surface area contributed by atoms with Gasteiger partial charge in [-0.15, -0.1) is 0 Å². The van der Waals surface area contributed by atoms with E-state index in [1.807, 2.05) is 61.5 Å². The molecule has 0 aliphatic rings. The van der Waals surface area contributed by atoms with Crippen molar-refractivity contribution in [2.75, 3.05) is 25.1 Å². The Morgan fingerprint density at radius 1 is 0.972 bits per heavy atom. The molecular weight excluding hydrogens is 472 g/mol. The minimum atomic E-state index is -3.85. The zero-order valence-electron chi connectivity index (χ0n) is 20.1. The van der Waals surface area contributed by atoms with Gasteiger partial charge in [0.05, 0.1) is 16.3 Å². The van der Waals surface area contributed by atoms with E-state index in [2.05, 4.69) is 5.32 Å². The standard InChI is InChI=1S/C28H28N4O3S/c1-31(2)20-24-18-23(22-8-4-3-5-9-22)13-14-27(24)36(34,35)32-17-16-21(19-32)12-15-28(33)30-26-11-7-6-10-25(26)29/h3-19H,20,29H2,1-2H3,(H,30,33). The van der Waals surface area contributed by atoms with Crippen LogP contribution in [0.4, 0.5) is 11.4 Å². The Morgan fingerprint density at radius 3 is 2.42 bits per heavy atom. The molecule has 0 saturated carbocycles. The number of hydrogen-bond acceptors (Lipinski definition) is 5. The highest BCUT2D eigenvalue weighted by Crippen LogP contribution is 2.27. The van der Waals surface area contributed by atoms with Crippen LogP contribution in [-0.2, 0) is 21.4 Å². The molecule has 8 heteroatoms. The molecular formula is C28H28N4O3S. The highest BCUT2D eigenvalue weighted by Gasteiger charge is 2.21. The van der Waals surface area contributed by atoms with Gasteiger partial charge in [-0.2, -0.15) is 0 Å². The average molecular weight is 501 g/mol. The monoisotopic (exact) mass is 500 g/mol. The molecule has 0 atom stereocenters. The topological polar surface area (TPSA) is 97.4 Å². The van der Waals surface area contributed by atoms with Crippen molar-refractivity contribution in [1.82, 2.24) is 8.87 Å². The van der Waals surface area contributed by atoms with Crippen molar-refractivity contribution in [1.29, 1.82) is 0 Å². The van der Waals surface area contributed by atoms with Crippen molar-refractivity contribution in [2.24, 2.45) is 0 Å². The van der Waals surface area contributed by atoms with Crippen molar-refractivity contribution >= 4 is 33.4 Å². The molecule has 0 fully saturated rings. The summed E-state index contributed by atoms with van der Waals surface area (Å²) in [5.41, 5.74) is 10.1. The fraction of sp³-hybridized carbons (Fsp3) is 0.107. The van der Waals surface area contributed by atoms with Crippen molar-refractivity contribution in [3.8, 4) is 11.1 Å². The fourth-order valence-electron chi connectivity index (χ4n) is 3.82. The lowest BCUT2D eigenvalue weighted by Gasteiger charge is -2.16. The molecule has 36 heavy (non-hydrogen) atoms. The molecule has 3 aromatic carbocycles. The van der Waals surface area contributed by atoms with Crippen LogP contribution >= 0.6 is 0 Å². The molecule has 0 bridgehead atoms. The summed E-state index contributed by atoms with van der Waals surface area (Å²) in [4.78, 5) is 14.4. The SMILES string of the molecule is CN(C)Cc1cc(-c2ccccc2)ccc1S(=O)(=O)n1ccc(C=CC(=O)Nc2ccccc2N)c1. The highest BCUT2D eigenvalue weighted by atomic mass is 32.2. The number of nitrogens with two attached hydrogens (primary N) is 1. The maximum absolute atomic E-state index is 13.5. The van der Waals surface area contributed by atoms with Crippen LogP contribution in [0.3, 0.4) is 0 Å². The molecule has 7 nitrogen and oxygen atoms in total. The molecule has 0 radical (unpaired) electrons. The second-order valence-electron chi connectivity index (χ2n) is 8.62. The number of anilines is 2. The molecule has 4 aromatic rings. The third kappa shape index (κ3) is 5.73. The van der Waals surface area contributed by atoms with Gasteiger partial charge in [0, 0.05) is 25.0 Å². The Labute approximate surface area is 211 Å². The summed E-state index contributed by atoms with van der Waals surface area (Å²) < 4.78 is 28.3. The third-order valence-corrected chi connectivity index (χ3v) is 7.28. The number of nitrogens with zero attached hydrogens (tertiary/aromatic N) is 2. The first-order valence-electron chi connectivity index (χ1n) is 11.3. The van der Waals surface area contributed by atoms with Crippen LogP contribution < -0.4 is 11.1 Å². The first-order valence-corrected chi connectivity index (χ1v) is 12.8. The van der Waals surface area contributed by atoms with Gasteiger partial charge in [0.1, 0.15) is 0 Å². The van der Waals surface area contributed by atoms with E-state index in [1.54, 1.807) is 42.5 Å². The molecule has 1 heterocycles. The van der Waals surface area contributed by atoms with Crippen LogP contribution in [0.25, 0.3) is 17.2 Å². The third-order valence-electron chi connectivity index (χ3n) is 5.55. The van der Waals surface area contributed by atoms with E-state index in [9.17, 15) is 13.2 Å². The highest BCUT2D eigenvalue weighted by molar-refractivity contribution is 7.90.